The number of halogens is 3. The fourth-order valence-electron chi connectivity index (χ4n) is 2.27. The number of H-pyrrole nitrogens is 1. The van der Waals surface area contributed by atoms with E-state index in [1.54, 1.807) is 13.8 Å². The zero-order valence-electron chi connectivity index (χ0n) is 15.2. The number of rotatable bonds is 6. The van der Waals surface area contributed by atoms with E-state index in [2.05, 4.69) is 10.3 Å². The number of methoxy groups -OCH3 is 1. The first-order chi connectivity index (χ1) is 13.2. The van der Waals surface area contributed by atoms with Crippen LogP contribution < -0.4 is 15.5 Å². The summed E-state index contributed by atoms with van der Waals surface area (Å²) < 4.78 is 37.0. The number of esters is 1. The third-order valence-electron chi connectivity index (χ3n) is 3.59. The van der Waals surface area contributed by atoms with E-state index in [-0.39, 0.29) is 23.4 Å². The number of hydrogen-bond acceptors (Lipinski definition) is 5. The first-order valence-corrected chi connectivity index (χ1v) is 8.46. The monoisotopic (exact) mass is 414 g/mol. The van der Waals surface area contributed by atoms with E-state index in [1.165, 1.54) is 0 Å². The summed E-state index contributed by atoms with van der Waals surface area (Å²) in [6.45, 7) is 2.92. The minimum absolute atomic E-state index is 0.0692. The van der Waals surface area contributed by atoms with Crippen LogP contribution >= 0.6 is 11.6 Å². The number of nitrogens with one attached hydrogen (secondary N) is 2. The highest BCUT2D eigenvalue weighted by molar-refractivity contribution is 6.30. The molecule has 0 spiro atoms. The molecular formula is C18H17ClF2N2O5. The molecule has 1 heterocycles. The predicted molar refractivity (Wildman–Crippen MR) is 96.7 cm³/mol. The normalized spacial score (nSPS) is 10.7. The van der Waals surface area contributed by atoms with Crippen molar-refractivity contribution in [2.45, 2.75) is 26.5 Å². The average molecular weight is 415 g/mol. The summed E-state index contributed by atoms with van der Waals surface area (Å²) in [5, 5.41) is 1.63. The first kappa shape index (κ1) is 21.4. The summed E-state index contributed by atoms with van der Waals surface area (Å²) in [5.41, 5.74) is -1.53. The number of ether oxygens (including phenoxy) is 2. The van der Waals surface area contributed by atoms with Crippen molar-refractivity contribution in [3.8, 4) is 5.75 Å². The molecule has 2 N–H and O–H groups in total. The summed E-state index contributed by atoms with van der Waals surface area (Å²) in [7, 11) is 1.16. The van der Waals surface area contributed by atoms with Crippen LogP contribution in [-0.2, 0) is 11.3 Å². The zero-order chi connectivity index (χ0) is 21.0. The highest BCUT2D eigenvalue weighted by Crippen LogP contribution is 2.22. The maximum absolute atomic E-state index is 13.9. The second kappa shape index (κ2) is 8.83. The Morgan fingerprint density at radius 1 is 1.29 bits per heavy atom. The summed E-state index contributed by atoms with van der Waals surface area (Å²) in [4.78, 5) is 39.3. The summed E-state index contributed by atoms with van der Waals surface area (Å²) in [6, 6.07) is 2.07. The van der Waals surface area contributed by atoms with Gasteiger partial charge in [0.05, 0.1) is 13.2 Å². The van der Waals surface area contributed by atoms with Gasteiger partial charge in [-0.25, -0.2) is 13.6 Å². The quantitative estimate of drug-likeness (QED) is 0.559. The molecule has 0 atom stereocenters. The minimum atomic E-state index is -1.01. The van der Waals surface area contributed by atoms with Gasteiger partial charge in [-0.05, 0) is 19.9 Å². The van der Waals surface area contributed by atoms with Crippen molar-refractivity contribution in [1.29, 1.82) is 0 Å². The Morgan fingerprint density at radius 2 is 1.96 bits per heavy atom. The van der Waals surface area contributed by atoms with Crippen LogP contribution in [-0.4, -0.2) is 30.1 Å². The van der Waals surface area contributed by atoms with E-state index in [1.807, 2.05) is 0 Å². The van der Waals surface area contributed by atoms with Gasteiger partial charge in [-0.3, -0.25) is 9.59 Å². The van der Waals surface area contributed by atoms with Crippen LogP contribution in [0.25, 0.3) is 0 Å². The standard InChI is InChI=1S/C18H17ClF2N2O5/c1-8(2)28-18(26)14-16(27-3)15(24)10(7-22-14)17(25)23-6-9-4-5-11(20)12(19)13(9)21/h4-5,7-8H,6H2,1-3H3,(H,22,24)(H,23,25). The van der Waals surface area contributed by atoms with E-state index >= 15 is 0 Å². The summed E-state index contributed by atoms with van der Waals surface area (Å²) in [6.07, 6.45) is 0.589. The van der Waals surface area contributed by atoms with E-state index in [0.717, 1.165) is 25.4 Å². The number of hydrogen-bond donors (Lipinski definition) is 2. The molecule has 0 aliphatic heterocycles. The molecule has 0 bridgehead atoms. The van der Waals surface area contributed by atoms with Crippen molar-refractivity contribution in [1.82, 2.24) is 10.3 Å². The molecule has 1 amide bonds. The van der Waals surface area contributed by atoms with Gasteiger partial charge in [0.25, 0.3) is 5.91 Å². The lowest BCUT2D eigenvalue weighted by Gasteiger charge is -2.12. The number of carbonyl (C=O) groups excluding carboxylic acids is 2. The Kier molecular flexibility index (Phi) is 6.74. The Labute approximate surface area is 163 Å². The lowest BCUT2D eigenvalue weighted by molar-refractivity contribution is 0.0366. The van der Waals surface area contributed by atoms with Gasteiger partial charge in [0.1, 0.15) is 22.2 Å². The number of aromatic amines is 1. The van der Waals surface area contributed by atoms with E-state index < -0.39 is 45.8 Å². The van der Waals surface area contributed by atoms with Crippen LogP contribution in [0, 0.1) is 11.6 Å². The van der Waals surface area contributed by atoms with Crippen molar-refractivity contribution < 1.29 is 27.8 Å². The molecule has 150 valence electrons. The van der Waals surface area contributed by atoms with Gasteiger partial charge >= 0.3 is 5.97 Å². The van der Waals surface area contributed by atoms with Crippen molar-refractivity contribution in [2.24, 2.45) is 0 Å². The van der Waals surface area contributed by atoms with Crippen LogP contribution in [0.2, 0.25) is 5.02 Å². The number of benzene rings is 1. The molecule has 10 heteroatoms. The van der Waals surface area contributed by atoms with Crippen molar-refractivity contribution in [2.75, 3.05) is 7.11 Å². The van der Waals surface area contributed by atoms with Gasteiger partial charge in [0, 0.05) is 18.3 Å². The molecule has 2 rings (SSSR count). The topological polar surface area (TPSA) is 97.5 Å². The van der Waals surface area contributed by atoms with Crippen LogP contribution in [0.1, 0.15) is 40.3 Å². The molecule has 0 fully saturated rings. The van der Waals surface area contributed by atoms with Gasteiger partial charge in [-0.1, -0.05) is 17.7 Å². The smallest absolute Gasteiger partial charge is 0.359 e. The van der Waals surface area contributed by atoms with E-state index in [9.17, 15) is 23.2 Å². The zero-order valence-corrected chi connectivity index (χ0v) is 15.9. The molecule has 0 radical (unpaired) electrons. The largest absolute Gasteiger partial charge is 0.491 e. The Balaban J connectivity index is 2.26. The van der Waals surface area contributed by atoms with E-state index in [0.29, 0.717) is 0 Å². The Bertz CT molecular complexity index is 975. The second-order valence-corrected chi connectivity index (χ2v) is 6.29. The number of amides is 1. The van der Waals surface area contributed by atoms with Crippen molar-refractivity contribution in [3.63, 3.8) is 0 Å². The lowest BCUT2D eigenvalue weighted by atomic mass is 10.1. The maximum atomic E-state index is 13.9. The molecule has 0 aliphatic carbocycles. The minimum Gasteiger partial charge on any atom is -0.491 e. The van der Waals surface area contributed by atoms with Crippen LogP contribution in [0.4, 0.5) is 8.78 Å². The third kappa shape index (κ3) is 4.48. The second-order valence-electron chi connectivity index (χ2n) is 5.91. The molecule has 1 aromatic carbocycles. The van der Waals surface area contributed by atoms with Gasteiger partial charge in [-0.15, -0.1) is 0 Å². The number of pyridine rings is 1. The molecule has 0 aliphatic rings. The predicted octanol–water partition coefficient (Wildman–Crippen LogP) is 2.81. The highest BCUT2D eigenvalue weighted by atomic mass is 35.5. The highest BCUT2D eigenvalue weighted by Gasteiger charge is 2.23. The Morgan fingerprint density at radius 3 is 2.57 bits per heavy atom. The van der Waals surface area contributed by atoms with E-state index in [4.69, 9.17) is 21.1 Å². The fraction of sp³-hybridized carbons (Fsp3) is 0.278. The summed E-state index contributed by atoms with van der Waals surface area (Å²) >= 11 is 5.48. The third-order valence-corrected chi connectivity index (χ3v) is 3.94. The molecular weight excluding hydrogens is 398 g/mol. The van der Waals surface area contributed by atoms with Crippen LogP contribution in [0.15, 0.2) is 23.1 Å². The van der Waals surface area contributed by atoms with Crippen molar-refractivity contribution >= 4 is 23.5 Å². The molecule has 0 saturated carbocycles. The molecule has 2 aromatic rings. The van der Waals surface area contributed by atoms with Gasteiger partial charge < -0.3 is 19.8 Å². The fourth-order valence-corrected chi connectivity index (χ4v) is 2.46. The first-order valence-electron chi connectivity index (χ1n) is 8.08. The average Bonchev–Trinajstić information content (AvgIpc) is 2.64. The molecule has 28 heavy (non-hydrogen) atoms. The maximum Gasteiger partial charge on any atom is 0.359 e. The summed E-state index contributed by atoms with van der Waals surface area (Å²) in [5.74, 6) is -4.02. The Hall–Kier alpha value is -2.94. The van der Waals surface area contributed by atoms with Gasteiger partial charge in [0.15, 0.2) is 11.4 Å². The van der Waals surface area contributed by atoms with Gasteiger partial charge in [0.2, 0.25) is 5.43 Å². The lowest BCUT2D eigenvalue weighted by Crippen LogP contribution is -2.30. The van der Waals surface area contributed by atoms with Gasteiger partial charge in [-0.2, -0.15) is 0 Å². The number of carbonyl (C=O) groups is 2. The SMILES string of the molecule is COc1c(C(=O)OC(C)C)[nH]cc(C(=O)NCc2ccc(F)c(Cl)c2F)c1=O. The van der Waals surface area contributed by atoms with Crippen LogP contribution in [0.5, 0.6) is 5.75 Å². The molecule has 0 saturated heterocycles. The molecule has 0 unspecified atom stereocenters. The van der Waals surface area contributed by atoms with Crippen LogP contribution in [0.3, 0.4) is 0 Å². The van der Waals surface area contributed by atoms with Crippen molar-refractivity contribution in [3.05, 3.63) is 62.0 Å². The molecule has 1 aromatic heterocycles. The molecule has 7 nitrogen and oxygen atoms in total. The number of aromatic nitrogens is 1.